The van der Waals surface area contributed by atoms with E-state index in [1.165, 1.54) is 12.3 Å². The van der Waals surface area contributed by atoms with Gasteiger partial charge in [0, 0.05) is 23.9 Å². The van der Waals surface area contributed by atoms with E-state index < -0.39 is 23.2 Å². The largest absolute Gasteiger partial charge is 0.391 e. The van der Waals surface area contributed by atoms with E-state index >= 15 is 0 Å². The van der Waals surface area contributed by atoms with Gasteiger partial charge in [0.2, 0.25) is 5.95 Å². The first-order valence-corrected chi connectivity index (χ1v) is 11.7. The molecule has 9 heteroatoms. The molecule has 0 saturated heterocycles. The molecule has 3 N–H and O–H groups in total. The third-order valence-corrected chi connectivity index (χ3v) is 6.58. The van der Waals surface area contributed by atoms with Gasteiger partial charge in [-0.05, 0) is 44.4 Å². The number of ether oxygens (including phenoxy) is 1. The second-order valence-electron chi connectivity index (χ2n) is 9.78. The maximum atomic E-state index is 15.0. The number of nitrogens with one attached hydrogen (secondary N) is 2. The molecule has 1 amide bonds. The van der Waals surface area contributed by atoms with E-state index in [0.29, 0.717) is 42.2 Å². The number of carbonyl (C=O) groups excluding carboxylic acids is 1. The Bertz CT molecular complexity index is 1060. The van der Waals surface area contributed by atoms with Gasteiger partial charge in [-0.25, -0.2) is 14.4 Å². The first-order chi connectivity index (χ1) is 15.5. The van der Waals surface area contributed by atoms with Crippen LogP contribution in [0.5, 0.6) is 0 Å². The SMILES string of the molecule is CC(C)O[C@@H]1CC[C@@H](Nc2ncc(Cl)c(-c3cc(F)c4c(c3)C(C)(C)CNC4=O)n2)[C@H](O)C1. The maximum absolute atomic E-state index is 15.0. The number of rotatable bonds is 5. The van der Waals surface area contributed by atoms with E-state index in [2.05, 4.69) is 20.6 Å². The fourth-order valence-electron chi connectivity index (χ4n) is 4.58. The maximum Gasteiger partial charge on any atom is 0.254 e. The number of carbonyl (C=O) groups is 1. The molecule has 1 saturated carbocycles. The van der Waals surface area contributed by atoms with Gasteiger partial charge in [0.25, 0.3) is 5.91 Å². The van der Waals surface area contributed by atoms with Crippen LogP contribution in [0.25, 0.3) is 11.3 Å². The topological polar surface area (TPSA) is 96.4 Å². The van der Waals surface area contributed by atoms with Crippen molar-refractivity contribution in [2.24, 2.45) is 0 Å². The Labute approximate surface area is 198 Å². The monoisotopic (exact) mass is 476 g/mol. The van der Waals surface area contributed by atoms with Gasteiger partial charge in [-0.2, -0.15) is 0 Å². The van der Waals surface area contributed by atoms with Gasteiger partial charge in [0.05, 0.1) is 46.8 Å². The second kappa shape index (κ2) is 9.16. The van der Waals surface area contributed by atoms with Crippen LogP contribution in [0.3, 0.4) is 0 Å². The third-order valence-electron chi connectivity index (χ3n) is 6.30. The summed E-state index contributed by atoms with van der Waals surface area (Å²) in [6.07, 6.45) is 3.05. The lowest BCUT2D eigenvalue weighted by Crippen LogP contribution is -2.44. The van der Waals surface area contributed by atoms with Crippen molar-refractivity contribution in [3.8, 4) is 11.3 Å². The lowest BCUT2D eigenvalue weighted by molar-refractivity contribution is -0.0465. The zero-order valence-electron chi connectivity index (χ0n) is 19.3. The van der Waals surface area contributed by atoms with Crippen LogP contribution < -0.4 is 10.6 Å². The number of aliphatic hydroxyl groups is 1. The molecule has 33 heavy (non-hydrogen) atoms. The summed E-state index contributed by atoms with van der Waals surface area (Å²) < 4.78 is 20.8. The predicted molar refractivity (Wildman–Crippen MR) is 125 cm³/mol. The summed E-state index contributed by atoms with van der Waals surface area (Å²) >= 11 is 6.38. The Balaban J connectivity index is 1.60. The molecule has 2 aromatic rings. The Kier molecular flexibility index (Phi) is 6.62. The van der Waals surface area contributed by atoms with Gasteiger partial charge in [-0.1, -0.05) is 25.4 Å². The summed E-state index contributed by atoms with van der Waals surface area (Å²) in [7, 11) is 0. The highest BCUT2D eigenvalue weighted by molar-refractivity contribution is 6.32. The Morgan fingerprint density at radius 3 is 2.79 bits per heavy atom. The molecule has 1 aromatic heterocycles. The summed E-state index contributed by atoms with van der Waals surface area (Å²) in [6, 6.07) is 2.83. The van der Waals surface area contributed by atoms with Crippen LogP contribution in [-0.4, -0.2) is 51.9 Å². The molecule has 0 spiro atoms. The molecule has 4 rings (SSSR count). The van der Waals surface area contributed by atoms with Gasteiger partial charge in [-0.15, -0.1) is 0 Å². The van der Waals surface area contributed by atoms with E-state index in [4.69, 9.17) is 16.3 Å². The predicted octanol–water partition coefficient (Wildman–Crippen LogP) is 4.08. The molecule has 2 heterocycles. The van der Waals surface area contributed by atoms with Crippen LogP contribution in [-0.2, 0) is 10.2 Å². The van der Waals surface area contributed by atoms with E-state index in [1.54, 1.807) is 6.07 Å². The highest BCUT2D eigenvalue weighted by Crippen LogP contribution is 2.36. The number of aliphatic hydroxyl groups excluding tert-OH is 1. The second-order valence-corrected chi connectivity index (χ2v) is 10.2. The minimum atomic E-state index is -0.615. The molecule has 1 aromatic carbocycles. The zero-order valence-corrected chi connectivity index (χ0v) is 20.0. The smallest absolute Gasteiger partial charge is 0.254 e. The van der Waals surface area contributed by atoms with Crippen molar-refractivity contribution < 1.29 is 19.0 Å². The standard InChI is InChI=1S/C24H30ClFN4O3/c1-12(2)33-14-5-6-18(19(31)9-14)29-23-27-10-16(25)21(30-23)13-7-15-20(17(26)8-13)22(32)28-11-24(15,3)4/h7-8,10,12,14,18-19,31H,5-6,9,11H2,1-4H3,(H,28,32)(H,27,29,30)/t14-,18-,19-/m1/s1. The number of benzene rings is 1. The summed E-state index contributed by atoms with van der Waals surface area (Å²) in [5.41, 5.74) is 1.07. The summed E-state index contributed by atoms with van der Waals surface area (Å²) in [6.45, 7) is 8.27. The number of nitrogens with zero attached hydrogens (tertiary/aromatic N) is 2. The van der Waals surface area contributed by atoms with Crippen LogP contribution in [0, 0.1) is 5.82 Å². The van der Waals surface area contributed by atoms with Crippen molar-refractivity contribution in [1.82, 2.24) is 15.3 Å². The first kappa shape index (κ1) is 23.9. The van der Waals surface area contributed by atoms with Crippen molar-refractivity contribution in [2.75, 3.05) is 11.9 Å². The number of anilines is 1. The van der Waals surface area contributed by atoms with E-state index in [9.17, 15) is 14.3 Å². The quantitative estimate of drug-likeness (QED) is 0.601. The van der Waals surface area contributed by atoms with Crippen molar-refractivity contribution in [2.45, 2.75) is 76.7 Å². The van der Waals surface area contributed by atoms with E-state index in [-0.39, 0.29) is 28.8 Å². The molecule has 7 nitrogen and oxygen atoms in total. The van der Waals surface area contributed by atoms with Crippen LogP contribution in [0.4, 0.5) is 10.3 Å². The van der Waals surface area contributed by atoms with Crippen molar-refractivity contribution >= 4 is 23.5 Å². The Morgan fingerprint density at radius 1 is 1.33 bits per heavy atom. The van der Waals surface area contributed by atoms with Gasteiger partial charge in [0.15, 0.2) is 0 Å². The summed E-state index contributed by atoms with van der Waals surface area (Å²) in [4.78, 5) is 21.0. The molecule has 0 unspecified atom stereocenters. The molecule has 178 valence electrons. The fourth-order valence-corrected chi connectivity index (χ4v) is 4.78. The van der Waals surface area contributed by atoms with Gasteiger partial charge < -0.3 is 20.5 Å². The lowest BCUT2D eigenvalue weighted by Gasteiger charge is -2.34. The fraction of sp³-hybridized carbons (Fsp3) is 0.542. The van der Waals surface area contributed by atoms with Crippen LogP contribution in [0.15, 0.2) is 18.3 Å². The molecular formula is C24H30ClFN4O3. The van der Waals surface area contributed by atoms with E-state index in [0.717, 1.165) is 6.42 Å². The van der Waals surface area contributed by atoms with Gasteiger partial charge >= 0.3 is 0 Å². The molecular weight excluding hydrogens is 447 g/mol. The minimum Gasteiger partial charge on any atom is -0.391 e. The number of halogens is 2. The summed E-state index contributed by atoms with van der Waals surface area (Å²) in [5, 5.41) is 16.8. The normalized spacial score (nSPS) is 24.4. The van der Waals surface area contributed by atoms with Crippen molar-refractivity contribution in [3.05, 3.63) is 40.3 Å². The highest BCUT2D eigenvalue weighted by Gasteiger charge is 2.35. The number of hydrogen-bond acceptors (Lipinski definition) is 6. The zero-order chi connectivity index (χ0) is 23.9. The first-order valence-electron chi connectivity index (χ1n) is 11.3. The van der Waals surface area contributed by atoms with Crippen LogP contribution >= 0.6 is 11.6 Å². The van der Waals surface area contributed by atoms with Crippen LogP contribution in [0.1, 0.15) is 62.9 Å². The average molecular weight is 477 g/mol. The lowest BCUT2D eigenvalue weighted by atomic mass is 9.78. The number of fused-ring (bicyclic) bond motifs is 1. The summed E-state index contributed by atoms with van der Waals surface area (Å²) in [5.74, 6) is -0.733. The molecule has 2 aliphatic rings. The Morgan fingerprint density at radius 2 is 2.09 bits per heavy atom. The average Bonchev–Trinajstić information content (AvgIpc) is 2.73. The Hall–Kier alpha value is -2.29. The number of aromatic nitrogens is 2. The molecule has 0 bridgehead atoms. The van der Waals surface area contributed by atoms with E-state index in [1.807, 2.05) is 27.7 Å². The molecule has 1 aliphatic heterocycles. The molecule has 1 aliphatic carbocycles. The molecule has 1 fully saturated rings. The highest BCUT2D eigenvalue weighted by atomic mass is 35.5. The van der Waals surface area contributed by atoms with Gasteiger partial charge in [0.1, 0.15) is 5.82 Å². The van der Waals surface area contributed by atoms with Crippen LogP contribution in [0.2, 0.25) is 5.02 Å². The minimum absolute atomic E-state index is 0.0266. The number of amides is 1. The third kappa shape index (κ3) is 4.98. The van der Waals surface area contributed by atoms with Crippen molar-refractivity contribution in [1.29, 1.82) is 0 Å². The molecule has 0 radical (unpaired) electrons. The number of hydrogen-bond donors (Lipinski definition) is 3. The molecule has 3 atom stereocenters. The van der Waals surface area contributed by atoms with Gasteiger partial charge in [-0.3, -0.25) is 4.79 Å². The van der Waals surface area contributed by atoms with Crippen molar-refractivity contribution in [3.63, 3.8) is 0 Å².